The lowest BCUT2D eigenvalue weighted by Crippen LogP contribution is -2.19. The van der Waals surface area contributed by atoms with Gasteiger partial charge >= 0.3 is 0 Å². The molecule has 0 aliphatic rings. The van der Waals surface area contributed by atoms with E-state index in [0.717, 1.165) is 16.1 Å². The zero-order valence-corrected chi connectivity index (χ0v) is 18.4. The molecule has 0 spiro atoms. The summed E-state index contributed by atoms with van der Waals surface area (Å²) in [6.45, 7) is 0. The first-order chi connectivity index (χ1) is 16.1. The van der Waals surface area contributed by atoms with E-state index in [-0.39, 0.29) is 11.8 Å². The zero-order valence-electron chi connectivity index (χ0n) is 17.6. The highest BCUT2D eigenvalue weighted by Gasteiger charge is 2.22. The number of para-hydroxylation sites is 1. The highest BCUT2D eigenvalue weighted by atomic mass is 32.2. The van der Waals surface area contributed by atoms with Crippen LogP contribution in [0.1, 0.15) is 21.2 Å². The molecule has 0 fully saturated rings. The van der Waals surface area contributed by atoms with Gasteiger partial charge in [-0.3, -0.25) is 9.59 Å². The van der Waals surface area contributed by atoms with Crippen molar-refractivity contribution < 1.29 is 14.0 Å². The van der Waals surface area contributed by atoms with Crippen molar-refractivity contribution >= 4 is 35.0 Å². The van der Waals surface area contributed by atoms with Gasteiger partial charge in [0.25, 0.3) is 5.91 Å². The van der Waals surface area contributed by atoms with Crippen LogP contribution in [0.25, 0.3) is 0 Å². The summed E-state index contributed by atoms with van der Waals surface area (Å²) in [5.41, 5.74) is 2.55. The van der Waals surface area contributed by atoms with Gasteiger partial charge in [0.15, 0.2) is 0 Å². The van der Waals surface area contributed by atoms with E-state index in [2.05, 4.69) is 10.6 Å². The maximum absolute atomic E-state index is 13.2. The molecule has 2 N–H and O–H groups in total. The third-order valence-corrected chi connectivity index (χ3v) is 6.08. The molecule has 33 heavy (non-hydrogen) atoms. The maximum Gasteiger partial charge on any atom is 0.255 e. The number of amides is 2. The van der Waals surface area contributed by atoms with Crippen LogP contribution in [0.15, 0.2) is 114 Å². The van der Waals surface area contributed by atoms with Gasteiger partial charge < -0.3 is 10.6 Å². The molecule has 0 radical (unpaired) electrons. The lowest BCUT2D eigenvalue weighted by molar-refractivity contribution is -0.115. The minimum absolute atomic E-state index is 0.141. The molecule has 164 valence electrons. The zero-order chi connectivity index (χ0) is 23.0. The Labute approximate surface area is 195 Å². The van der Waals surface area contributed by atoms with Gasteiger partial charge in [0.05, 0.1) is 0 Å². The third-order valence-electron chi connectivity index (χ3n) is 4.83. The number of anilines is 2. The topological polar surface area (TPSA) is 58.2 Å². The van der Waals surface area contributed by atoms with E-state index >= 15 is 0 Å². The average Bonchev–Trinajstić information content (AvgIpc) is 2.84. The summed E-state index contributed by atoms with van der Waals surface area (Å²) >= 11 is 1.40. The first-order valence-corrected chi connectivity index (χ1v) is 11.2. The molecule has 0 bridgehead atoms. The van der Waals surface area contributed by atoms with Gasteiger partial charge in [0, 0.05) is 21.8 Å². The summed E-state index contributed by atoms with van der Waals surface area (Å²) < 4.78 is 13.1. The van der Waals surface area contributed by atoms with E-state index in [1.54, 1.807) is 6.07 Å². The molecule has 1 atom stereocenters. The van der Waals surface area contributed by atoms with Gasteiger partial charge in [-0.1, -0.05) is 54.6 Å². The van der Waals surface area contributed by atoms with E-state index in [9.17, 15) is 14.0 Å². The molecule has 4 nitrogen and oxygen atoms in total. The molecule has 0 aliphatic carbocycles. The molecular weight excluding hydrogens is 435 g/mol. The molecule has 2 amide bonds. The van der Waals surface area contributed by atoms with Crippen molar-refractivity contribution in [1.29, 1.82) is 0 Å². The van der Waals surface area contributed by atoms with Crippen molar-refractivity contribution in [2.75, 3.05) is 10.6 Å². The number of nitrogens with one attached hydrogen (secondary N) is 2. The average molecular weight is 457 g/mol. The van der Waals surface area contributed by atoms with Crippen molar-refractivity contribution in [3.05, 3.63) is 126 Å². The Kier molecular flexibility index (Phi) is 7.17. The second kappa shape index (κ2) is 10.6. The quantitative estimate of drug-likeness (QED) is 0.310. The van der Waals surface area contributed by atoms with Crippen molar-refractivity contribution in [1.82, 2.24) is 0 Å². The standard InChI is InChI=1S/C27H21FN2O2S/c28-21-16-14-20(15-17-21)26(31)30-23-12-7-13-24(18-23)33-25(19-8-3-1-4-9-19)27(32)29-22-10-5-2-6-11-22/h1-18,25H,(H,29,32)(H,30,31). The molecule has 0 saturated heterocycles. The fourth-order valence-electron chi connectivity index (χ4n) is 3.22. The minimum Gasteiger partial charge on any atom is -0.325 e. The molecule has 0 saturated carbocycles. The molecule has 6 heteroatoms. The van der Waals surface area contributed by atoms with Crippen molar-refractivity contribution in [3.8, 4) is 0 Å². The predicted molar refractivity (Wildman–Crippen MR) is 131 cm³/mol. The molecular formula is C27H21FN2O2S. The summed E-state index contributed by atoms with van der Waals surface area (Å²) in [5.74, 6) is -0.873. The van der Waals surface area contributed by atoms with Crippen LogP contribution in [0.2, 0.25) is 0 Å². The highest BCUT2D eigenvalue weighted by Crippen LogP contribution is 2.37. The first kappa shape index (κ1) is 22.3. The second-order valence-corrected chi connectivity index (χ2v) is 8.43. The Morgan fingerprint density at radius 2 is 1.33 bits per heavy atom. The number of rotatable bonds is 7. The smallest absolute Gasteiger partial charge is 0.255 e. The summed E-state index contributed by atoms with van der Waals surface area (Å²) in [6.07, 6.45) is 0. The van der Waals surface area contributed by atoms with Gasteiger partial charge in [-0.15, -0.1) is 11.8 Å². The Bertz CT molecular complexity index is 1230. The SMILES string of the molecule is O=C(Nc1cccc(SC(C(=O)Nc2ccccc2)c2ccccc2)c1)c1ccc(F)cc1. The van der Waals surface area contributed by atoms with Crippen LogP contribution in [0.5, 0.6) is 0 Å². The number of thioether (sulfide) groups is 1. The monoisotopic (exact) mass is 456 g/mol. The number of halogens is 1. The van der Waals surface area contributed by atoms with Gasteiger partial charge in [-0.2, -0.15) is 0 Å². The fraction of sp³-hybridized carbons (Fsp3) is 0.0370. The number of benzene rings is 4. The maximum atomic E-state index is 13.2. The van der Waals surface area contributed by atoms with Crippen LogP contribution < -0.4 is 10.6 Å². The molecule has 4 aromatic rings. The van der Waals surface area contributed by atoms with Gasteiger partial charge in [-0.25, -0.2) is 4.39 Å². The number of carbonyl (C=O) groups is 2. The Hall–Kier alpha value is -3.90. The molecule has 0 aromatic heterocycles. The molecule has 4 rings (SSSR count). The third kappa shape index (κ3) is 6.08. The number of hydrogen-bond donors (Lipinski definition) is 2. The van der Waals surface area contributed by atoms with E-state index in [1.807, 2.05) is 78.9 Å². The second-order valence-electron chi connectivity index (χ2n) is 7.25. The van der Waals surface area contributed by atoms with Crippen LogP contribution >= 0.6 is 11.8 Å². The summed E-state index contributed by atoms with van der Waals surface area (Å²) in [6, 6.07) is 31.5. The van der Waals surface area contributed by atoms with Gasteiger partial charge in [0.2, 0.25) is 5.91 Å². The largest absolute Gasteiger partial charge is 0.325 e. The Balaban J connectivity index is 1.53. The van der Waals surface area contributed by atoms with Crippen LogP contribution in [0, 0.1) is 5.82 Å². The van der Waals surface area contributed by atoms with Crippen molar-refractivity contribution in [2.24, 2.45) is 0 Å². The molecule has 0 heterocycles. The van der Waals surface area contributed by atoms with Crippen LogP contribution in [-0.2, 0) is 4.79 Å². The van der Waals surface area contributed by atoms with Crippen molar-refractivity contribution in [2.45, 2.75) is 10.1 Å². The minimum atomic E-state index is -0.491. The predicted octanol–water partition coefficient (Wildman–Crippen LogP) is 6.55. The fourth-order valence-corrected chi connectivity index (χ4v) is 4.30. The van der Waals surface area contributed by atoms with E-state index in [1.165, 1.54) is 36.0 Å². The van der Waals surface area contributed by atoms with Gasteiger partial charge in [0.1, 0.15) is 11.1 Å². The molecule has 4 aromatic carbocycles. The molecule has 0 aliphatic heterocycles. The number of carbonyl (C=O) groups excluding carboxylic acids is 2. The summed E-state index contributed by atoms with van der Waals surface area (Å²) in [7, 11) is 0. The Morgan fingerprint density at radius 3 is 2.03 bits per heavy atom. The first-order valence-electron chi connectivity index (χ1n) is 10.3. The molecule has 1 unspecified atom stereocenters. The van der Waals surface area contributed by atoms with Crippen LogP contribution in [0.3, 0.4) is 0 Å². The Morgan fingerprint density at radius 1 is 0.697 bits per heavy atom. The summed E-state index contributed by atoms with van der Waals surface area (Å²) in [4.78, 5) is 26.5. The lowest BCUT2D eigenvalue weighted by Gasteiger charge is -2.18. The van der Waals surface area contributed by atoms with Crippen LogP contribution in [-0.4, -0.2) is 11.8 Å². The normalized spacial score (nSPS) is 11.4. The number of hydrogen-bond acceptors (Lipinski definition) is 3. The van der Waals surface area contributed by atoms with E-state index in [0.29, 0.717) is 11.3 Å². The van der Waals surface area contributed by atoms with Crippen LogP contribution in [0.4, 0.5) is 15.8 Å². The highest BCUT2D eigenvalue weighted by molar-refractivity contribution is 8.00. The lowest BCUT2D eigenvalue weighted by atomic mass is 10.1. The van der Waals surface area contributed by atoms with Crippen molar-refractivity contribution in [3.63, 3.8) is 0 Å². The van der Waals surface area contributed by atoms with Gasteiger partial charge in [-0.05, 0) is 60.2 Å². The summed E-state index contributed by atoms with van der Waals surface area (Å²) in [5, 5.41) is 5.31. The van der Waals surface area contributed by atoms with E-state index < -0.39 is 11.1 Å². The van der Waals surface area contributed by atoms with E-state index in [4.69, 9.17) is 0 Å².